The molecule has 0 unspecified atom stereocenters. The van der Waals surface area contributed by atoms with Crippen molar-refractivity contribution in [3.63, 3.8) is 0 Å². The molecule has 1 aromatic carbocycles. The predicted molar refractivity (Wildman–Crippen MR) is 54.0 cm³/mol. The first-order chi connectivity index (χ1) is 6.80. The highest BCUT2D eigenvalue weighted by Crippen LogP contribution is 2.44. The first-order valence-corrected chi connectivity index (χ1v) is 4.99. The molecule has 1 aromatic heterocycles. The maximum atomic E-state index is 10.2. The highest BCUT2D eigenvalue weighted by molar-refractivity contribution is 5.84. The second kappa shape index (κ2) is 2.61. The van der Waals surface area contributed by atoms with Gasteiger partial charge in [-0.1, -0.05) is 24.3 Å². The number of hydrogen-bond acceptors (Lipinski definition) is 2. The van der Waals surface area contributed by atoms with E-state index in [-0.39, 0.29) is 0 Å². The van der Waals surface area contributed by atoms with Gasteiger partial charge in [-0.3, -0.25) is 0 Å². The SMILES string of the molecule is OC1(c2occ3ccccc23)CCC1. The van der Waals surface area contributed by atoms with Crippen LogP contribution in [0.5, 0.6) is 0 Å². The molecule has 0 aliphatic heterocycles. The predicted octanol–water partition coefficient (Wildman–Crippen LogP) is 2.80. The quantitative estimate of drug-likeness (QED) is 0.746. The molecule has 2 aromatic rings. The number of rotatable bonds is 1. The topological polar surface area (TPSA) is 33.4 Å². The minimum Gasteiger partial charge on any atom is -0.465 e. The molecule has 2 heteroatoms. The van der Waals surface area contributed by atoms with Crippen LogP contribution < -0.4 is 0 Å². The summed E-state index contributed by atoms with van der Waals surface area (Å²) in [6.07, 6.45) is 4.46. The van der Waals surface area contributed by atoms with Crippen molar-refractivity contribution in [2.45, 2.75) is 24.9 Å². The Morgan fingerprint density at radius 2 is 2.00 bits per heavy atom. The Bertz CT molecular complexity index is 466. The molecule has 0 radical (unpaired) electrons. The van der Waals surface area contributed by atoms with Crippen molar-refractivity contribution in [3.05, 3.63) is 36.3 Å². The van der Waals surface area contributed by atoms with Crippen molar-refractivity contribution < 1.29 is 9.52 Å². The summed E-state index contributed by atoms with van der Waals surface area (Å²) < 4.78 is 5.47. The summed E-state index contributed by atoms with van der Waals surface area (Å²) in [6.45, 7) is 0. The molecule has 2 nitrogen and oxygen atoms in total. The fourth-order valence-electron chi connectivity index (χ4n) is 2.09. The molecule has 3 rings (SSSR count). The maximum Gasteiger partial charge on any atom is 0.143 e. The molecule has 0 atom stereocenters. The first-order valence-electron chi connectivity index (χ1n) is 4.99. The Morgan fingerprint density at radius 1 is 1.21 bits per heavy atom. The lowest BCUT2D eigenvalue weighted by molar-refractivity contribution is -0.0550. The van der Waals surface area contributed by atoms with E-state index in [1.165, 1.54) is 0 Å². The number of fused-ring (bicyclic) bond motifs is 1. The van der Waals surface area contributed by atoms with Gasteiger partial charge in [-0.15, -0.1) is 0 Å². The standard InChI is InChI=1S/C12H12O2/c13-12(6-3-7-12)11-10-5-2-1-4-9(10)8-14-11/h1-2,4-5,8,13H,3,6-7H2. The van der Waals surface area contributed by atoms with Gasteiger partial charge in [-0.25, -0.2) is 0 Å². The van der Waals surface area contributed by atoms with Gasteiger partial charge in [0.25, 0.3) is 0 Å². The lowest BCUT2D eigenvalue weighted by Gasteiger charge is -2.34. The van der Waals surface area contributed by atoms with Crippen LogP contribution >= 0.6 is 0 Å². The smallest absolute Gasteiger partial charge is 0.143 e. The van der Waals surface area contributed by atoms with Gasteiger partial charge in [0, 0.05) is 10.8 Å². The van der Waals surface area contributed by atoms with Crippen LogP contribution in [0.15, 0.2) is 34.9 Å². The third-order valence-electron chi connectivity index (χ3n) is 3.11. The molecule has 1 aliphatic carbocycles. The van der Waals surface area contributed by atoms with Gasteiger partial charge in [-0.2, -0.15) is 0 Å². The van der Waals surface area contributed by atoms with Gasteiger partial charge in [-0.05, 0) is 19.3 Å². The number of furan rings is 1. The van der Waals surface area contributed by atoms with Gasteiger partial charge in [0.05, 0.1) is 6.26 Å². The van der Waals surface area contributed by atoms with Crippen LogP contribution in [-0.2, 0) is 5.60 Å². The third kappa shape index (κ3) is 0.946. The fourth-order valence-corrected chi connectivity index (χ4v) is 2.09. The van der Waals surface area contributed by atoms with E-state index in [4.69, 9.17) is 4.42 Å². The highest BCUT2D eigenvalue weighted by Gasteiger charge is 2.40. The van der Waals surface area contributed by atoms with E-state index in [0.717, 1.165) is 35.8 Å². The summed E-state index contributed by atoms with van der Waals surface area (Å²) in [7, 11) is 0. The Morgan fingerprint density at radius 3 is 2.71 bits per heavy atom. The highest BCUT2D eigenvalue weighted by atomic mass is 16.4. The molecule has 0 spiro atoms. The van der Waals surface area contributed by atoms with Crippen LogP contribution in [0.1, 0.15) is 25.0 Å². The van der Waals surface area contributed by atoms with Crippen LogP contribution in [0, 0.1) is 0 Å². The maximum absolute atomic E-state index is 10.2. The van der Waals surface area contributed by atoms with E-state index in [9.17, 15) is 5.11 Å². The molecule has 0 bridgehead atoms. The van der Waals surface area contributed by atoms with Crippen molar-refractivity contribution in [3.8, 4) is 0 Å². The lowest BCUT2D eigenvalue weighted by atomic mass is 9.77. The normalized spacial score (nSPS) is 19.5. The molecule has 0 amide bonds. The summed E-state index contributed by atoms with van der Waals surface area (Å²) in [5.41, 5.74) is -0.691. The number of aliphatic hydroxyl groups is 1. The molecule has 1 fully saturated rings. The van der Waals surface area contributed by atoms with E-state index in [1.807, 2.05) is 24.3 Å². The largest absolute Gasteiger partial charge is 0.465 e. The Labute approximate surface area is 82.2 Å². The zero-order chi connectivity index (χ0) is 9.60. The zero-order valence-electron chi connectivity index (χ0n) is 7.86. The summed E-state index contributed by atoms with van der Waals surface area (Å²) in [4.78, 5) is 0. The van der Waals surface area contributed by atoms with E-state index >= 15 is 0 Å². The average molecular weight is 188 g/mol. The molecule has 1 saturated carbocycles. The summed E-state index contributed by atoms with van der Waals surface area (Å²) in [5, 5.41) is 12.3. The molecular weight excluding hydrogens is 176 g/mol. The summed E-state index contributed by atoms with van der Waals surface area (Å²) >= 11 is 0. The lowest BCUT2D eigenvalue weighted by Crippen LogP contribution is -2.33. The van der Waals surface area contributed by atoms with Crippen LogP contribution in [0.2, 0.25) is 0 Å². The van der Waals surface area contributed by atoms with Gasteiger partial charge in [0.1, 0.15) is 11.4 Å². The Hall–Kier alpha value is -1.28. The molecule has 1 N–H and O–H groups in total. The Kier molecular flexibility index (Phi) is 1.50. The minimum absolute atomic E-state index is 0.691. The second-order valence-electron chi connectivity index (χ2n) is 4.04. The van der Waals surface area contributed by atoms with Crippen molar-refractivity contribution >= 4 is 10.8 Å². The van der Waals surface area contributed by atoms with E-state index in [2.05, 4.69) is 0 Å². The fraction of sp³-hybridized carbons (Fsp3) is 0.333. The molecule has 1 aliphatic rings. The molecule has 72 valence electrons. The van der Waals surface area contributed by atoms with Crippen molar-refractivity contribution in [1.29, 1.82) is 0 Å². The number of benzene rings is 1. The minimum atomic E-state index is -0.691. The van der Waals surface area contributed by atoms with E-state index in [1.54, 1.807) is 6.26 Å². The van der Waals surface area contributed by atoms with Gasteiger partial charge in [0.15, 0.2) is 0 Å². The summed E-state index contributed by atoms with van der Waals surface area (Å²) in [5.74, 6) is 0.749. The zero-order valence-corrected chi connectivity index (χ0v) is 7.86. The van der Waals surface area contributed by atoms with Gasteiger partial charge in [0.2, 0.25) is 0 Å². The van der Waals surface area contributed by atoms with Crippen LogP contribution in [-0.4, -0.2) is 5.11 Å². The van der Waals surface area contributed by atoms with Crippen LogP contribution in [0.3, 0.4) is 0 Å². The molecule has 1 heterocycles. The van der Waals surface area contributed by atoms with Crippen molar-refractivity contribution in [2.75, 3.05) is 0 Å². The van der Waals surface area contributed by atoms with Gasteiger partial charge >= 0.3 is 0 Å². The molecule has 0 saturated heterocycles. The van der Waals surface area contributed by atoms with Gasteiger partial charge < -0.3 is 9.52 Å². The van der Waals surface area contributed by atoms with E-state index < -0.39 is 5.60 Å². The average Bonchev–Trinajstić information content (AvgIpc) is 2.58. The van der Waals surface area contributed by atoms with Crippen molar-refractivity contribution in [1.82, 2.24) is 0 Å². The summed E-state index contributed by atoms with van der Waals surface area (Å²) in [6, 6.07) is 7.96. The van der Waals surface area contributed by atoms with Crippen molar-refractivity contribution in [2.24, 2.45) is 0 Å². The molecular formula is C12H12O2. The first kappa shape index (κ1) is 8.06. The monoisotopic (exact) mass is 188 g/mol. The van der Waals surface area contributed by atoms with Crippen LogP contribution in [0.25, 0.3) is 10.8 Å². The third-order valence-corrected chi connectivity index (χ3v) is 3.11. The van der Waals surface area contributed by atoms with E-state index in [0.29, 0.717) is 0 Å². The number of hydrogen-bond donors (Lipinski definition) is 1. The second-order valence-corrected chi connectivity index (χ2v) is 4.04. The van der Waals surface area contributed by atoms with Crippen LogP contribution in [0.4, 0.5) is 0 Å². The Balaban J connectivity index is 2.22. The molecule has 14 heavy (non-hydrogen) atoms.